The summed E-state index contributed by atoms with van der Waals surface area (Å²) in [6.07, 6.45) is 5.60. The molecule has 0 aliphatic carbocycles. The number of pyridine rings is 1. The second-order valence-corrected chi connectivity index (χ2v) is 3.51. The standard InChI is InChI=1S/C11H15N3O/c1-2-13-11(15)5-8-6-14-10-3-4-12-7-9(8)10/h3-4,6-7,11,13-15H,2,5H2,1H3. The number of rotatable bonds is 4. The molecule has 15 heavy (non-hydrogen) atoms. The lowest BCUT2D eigenvalue weighted by atomic mass is 10.1. The number of aromatic amines is 1. The Balaban J connectivity index is 2.21. The van der Waals surface area contributed by atoms with Gasteiger partial charge in [0, 0.05) is 35.9 Å². The van der Waals surface area contributed by atoms with Gasteiger partial charge in [0.15, 0.2) is 0 Å². The van der Waals surface area contributed by atoms with E-state index in [0.717, 1.165) is 23.0 Å². The fraction of sp³-hybridized carbons (Fsp3) is 0.364. The van der Waals surface area contributed by atoms with Crippen molar-refractivity contribution >= 4 is 10.9 Å². The van der Waals surface area contributed by atoms with Gasteiger partial charge in [-0.2, -0.15) is 0 Å². The number of fused-ring (bicyclic) bond motifs is 1. The van der Waals surface area contributed by atoms with Crippen LogP contribution in [0.3, 0.4) is 0 Å². The predicted octanol–water partition coefficient (Wildman–Crippen LogP) is 1.03. The Morgan fingerprint density at radius 3 is 3.27 bits per heavy atom. The van der Waals surface area contributed by atoms with E-state index in [9.17, 15) is 5.11 Å². The van der Waals surface area contributed by atoms with Crippen LogP contribution in [0.15, 0.2) is 24.7 Å². The van der Waals surface area contributed by atoms with Crippen molar-refractivity contribution in [3.63, 3.8) is 0 Å². The number of aromatic nitrogens is 2. The van der Waals surface area contributed by atoms with Crippen molar-refractivity contribution in [3.05, 3.63) is 30.2 Å². The lowest BCUT2D eigenvalue weighted by Crippen LogP contribution is -2.30. The van der Waals surface area contributed by atoms with Crippen LogP contribution in [0.2, 0.25) is 0 Å². The van der Waals surface area contributed by atoms with Gasteiger partial charge in [-0.1, -0.05) is 6.92 Å². The zero-order valence-corrected chi connectivity index (χ0v) is 8.70. The fourth-order valence-electron chi connectivity index (χ4n) is 1.70. The summed E-state index contributed by atoms with van der Waals surface area (Å²) in [5, 5.41) is 13.7. The van der Waals surface area contributed by atoms with E-state index in [2.05, 4.69) is 15.3 Å². The van der Waals surface area contributed by atoms with E-state index in [0.29, 0.717) is 6.42 Å². The SMILES string of the molecule is CCNC(O)Cc1c[nH]c2ccncc12. The van der Waals surface area contributed by atoms with E-state index in [1.165, 1.54) is 0 Å². The molecule has 2 aromatic heterocycles. The first-order valence-corrected chi connectivity index (χ1v) is 5.12. The Morgan fingerprint density at radius 1 is 1.60 bits per heavy atom. The molecule has 0 saturated carbocycles. The number of H-pyrrole nitrogens is 1. The van der Waals surface area contributed by atoms with E-state index >= 15 is 0 Å². The third kappa shape index (κ3) is 2.16. The maximum absolute atomic E-state index is 9.64. The molecule has 3 N–H and O–H groups in total. The summed E-state index contributed by atoms with van der Waals surface area (Å²) >= 11 is 0. The molecule has 80 valence electrons. The van der Waals surface area contributed by atoms with Gasteiger partial charge in [0.25, 0.3) is 0 Å². The van der Waals surface area contributed by atoms with E-state index in [1.807, 2.05) is 25.4 Å². The molecule has 1 atom stereocenters. The fourth-order valence-corrected chi connectivity index (χ4v) is 1.70. The van der Waals surface area contributed by atoms with Crippen molar-refractivity contribution < 1.29 is 5.11 Å². The largest absolute Gasteiger partial charge is 0.378 e. The zero-order chi connectivity index (χ0) is 10.7. The van der Waals surface area contributed by atoms with Crippen LogP contribution < -0.4 is 5.32 Å². The van der Waals surface area contributed by atoms with Crippen LogP contribution in [0.4, 0.5) is 0 Å². The number of nitrogens with one attached hydrogen (secondary N) is 2. The van der Waals surface area contributed by atoms with Crippen LogP contribution in [-0.2, 0) is 6.42 Å². The molecule has 0 aliphatic heterocycles. The van der Waals surface area contributed by atoms with Crippen molar-refractivity contribution in [2.75, 3.05) is 6.54 Å². The highest BCUT2D eigenvalue weighted by molar-refractivity contribution is 5.82. The van der Waals surface area contributed by atoms with E-state index in [-0.39, 0.29) is 0 Å². The summed E-state index contributed by atoms with van der Waals surface area (Å²) in [4.78, 5) is 7.23. The maximum Gasteiger partial charge on any atom is 0.109 e. The average Bonchev–Trinajstić information content (AvgIpc) is 2.62. The van der Waals surface area contributed by atoms with Gasteiger partial charge in [-0.15, -0.1) is 0 Å². The molecule has 4 nitrogen and oxygen atoms in total. The zero-order valence-electron chi connectivity index (χ0n) is 8.70. The Labute approximate surface area is 88.3 Å². The minimum absolute atomic E-state index is 0.491. The molecule has 0 bridgehead atoms. The molecule has 0 saturated heterocycles. The number of hydrogen-bond acceptors (Lipinski definition) is 3. The lowest BCUT2D eigenvalue weighted by Gasteiger charge is -2.09. The van der Waals surface area contributed by atoms with Gasteiger partial charge in [0.1, 0.15) is 6.23 Å². The molecular formula is C11H15N3O. The van der Waals surface area contributed by atoms with E-state index < -0.39 is 6.23 Å². The molecule has 2 aromatic rings. The Kier molecular flexibility index (Phi) is 2.99. The molecule has 2 heterocycles. The third-order valence-electron chi connectivity index (χ3n) is 2.42. The number of likely N-dealkylation sites (N-methyl/N-ethyl adjacent to an activating group) is 1. The molecule has 0 fully saturated rings. The van der Waals surface area contributed by atoms with Gasteiger partial charge in [0.05, 0.1) is 0 Å². The van der Waals surface area contributed by atoms with Crippen LogP contribution in [0.5, 0.6) is 0 Å². The van der Waals surface area contributed by atoms with Gasteiger partial charge in [-0.05, 0) is 18.2 Å². The smallest absolute Gasteiger partial charge is 0.109 e. The Morgan fingerprint density at radius 2 is 2.47 bits per heavy atom. The topological polar surface area (TPSA) is 60.9 Å². The molecule has 0 aromatic carbocycles. The second kappa shape index (κ2) is 4.42. The summed E-state index contributed by atoms with van der Waals surface area (Å²) in [5.74, 6) is 0. The number of aliphatic hydroxyl groups is 1. The highest BCUT2D eigenvalue weighted by atomic mass is 16.3. The average molecular weight is 205 g/mol. The van der Waals surface area contributed by atoms with Crippen LogP contribution in [0.25, 0.3) is 10.9 Å². The van der Waals surface area contributed by atoms with Crippen LogP contribution in [0, 0.1) is 0 Å². The Bertz CT molecular complexity index is 438. The molecular weight excluding hydrogens is 190 g/mol. The normalized spacial score (nSPS) is 13.2. The molecule has 0 radical (unpaired) electrons. The molecule has 0 amide bonds. The number of nitrogens with zero attached hydrogens (tertiary/aromatic N) is 1. The number of aliphatic hydroxyl groups excluding tert-OH is 1. The molecule has 2 rings (SSSR count). The first-order chi connectivity index (χ1) is 7.31. The minimum Gasteiger partial charge on any atom is -0.378 e. The highest BCUT2D eigenvalue weighted by Gasteiger charge is 2.08. The summed E-state index contributed by atoms with van der Waals surface area (Å²) < 4.78 is 0. The second-order valence-electron chi connectivity index (χ2n) is 3.51. The third-order valence-corrected chi connectivity index (χ3v) is 2.42. The molecule has 0 spiro atoms. The quantitative estimate of drug-likeness (QED) is 0.653. The summed E-state index contributed by atoms with van der Waals surface area (Å²) in [6.45, 7) is 2.74. The van der Waals surface area contributed by atoms with Crippen molar-refractivity contribution in [2.24, 2.45) is 0 Å². The van der Waals surface area contributed by atoms with Crippen molar-refractivity contribution in [3.8, 4) is 0 Å². The summed E-state index contributed by atoms with van der Waals surface area (Å²) in [6, 6.07) is 1.93. The van der Waals surface area contributed by atoms with Crippen LogP contribution in [-0.4, -0.2) is 27.8 Å². The van der Waals surface area contributed by atoms with Gasteiger partial charge >= 0.3 is 0 Å². The highest BCUT2D eigenvalue weighted by Crippen LogP contribution is 2.17. The van der Waals surface area contributed by atoms with Crippen LogP contribution in [0.1, 0.15) is 12.5 Å². The molecule has 0 aliphatic rings. The van der Waals surface area contributed by atoms with Crippen LogP contribution >= 0.6 is 0 Å². The van der Waals surface area contributed by atoms with Gasteiger partial charge in [-0.3, -0.25) is 10.3 Å². The van der Waals surface area contributed by atoms with Crippen molar-refractivity contribution in [1.82, 2.24) is 15.3 Å². The molecule has 1 unspecified atom stereocenters. The van der Waals surface area contributed by atoms with E-state index in [4.69, 9.17) is 0 Å². The monoisotopic (exact) mass is 205 g/mol. The van der Waals surface area contributed by atoms with E-state index in [1.54, 1.807) is 6.20 Å². The predicted molar refractivity (Wildman–Crippen MR) is 59.5 cm³/mol. The summed E-state index contributed by atoms with van der Waals surface area (Å²) in [5.41, 5.74) is 2.15. The maximum atomic E-state index is 9.64. The lowest BCUT2D eigenvalue weighted by molar-refractivity contribution is 0.140. The Hall–Kier alpha value is -1.39. The van der Waals surface area contributed by atoms with Crippen molar-refractivity contribution in [2.45, 2.75) is 19.6 Å². The van der Waals surface area contributed by atoms with Gasteiger partial charge < -0.3 is 10.1 Å². The van der Waals surface area contributed by atoms with Gasteiger partial charge in [0.2, 0.25) is 0 Å². The number of hydrogen-bond donors (Lipinski definition) is 3. The first kappa shape index (κ1) is 10.1. The minimum atomic E-state index is -0.491. The van der Waals surface area contributed by atoms with Gasteiger partial charge in [-0.25, -0.2) is 0 Å². The summed E-state index contributed by atoms with van der Waals surface area (Å²) in [7, 11) is 0. The molecule has 4 heteroatoms. The van der Waals surface area contributed by atoms with Crippen molar-refractivity contribution in [1.29, 1.82) is 0 Å². The first-order valence-electron chi connectivity index (χ1n) is 5.12.